The lowest BCUT2D eigenvalue weighted by atomic mass is 10.2. The maximum Gasteiger partial charge on any atom is 0.374 e. The van der Waals surface area contributed by atoms with Crippen molar-refractivity contribution in [1.29, 1.82) is 0 Å². The predicted octanol–water partition coefficient (Wildman–Crippen LogP) is 2.99. The Kier molecular flexibility index (Phi) is 3.15. The molecule has 0 N–H and O–H groups in total. The van der Waals surface area contributed by atoms with Crippen LogP contribution in [-0.4, -0.2) is 17.8 Å². The van der Waals surface area contributed by atoms with Gasteiger partial charge in [0, 0.05) is 10.9 Å². The first-order chi connectivity index (χ1) is 8.11. The van der Waals surface area contributed by atoms with Crippen molar-refractivity contribution in [1.82, 2.24) is 0 Å². The van der Waals surface area contributed by atoms with Crippen LogP contribution in [0.15, 0.2) is 28.7 Å². The molecule has 0 aliphatic carbocycles. The molecule has 5 heteroatoms. The summed E-state index contributed by atoms with van der Waals surface area (Å²) in [5, 5.41) is 0.149. The molecule has 0 saturated carbocycles. The Morgan fingerprint density at radius 2 is 2.12 bits per heavy atom. The molecule has 2 rings (SSSR count). The van der Waals surface area contributed by atoms with Crippen LogP contribution in [0.3, 0.4) is 0 Å². The molecule has 17 heavy (non-hydrogen) atoms. The summed E-state index contributed by atoms with van der Waals surface area (Å²) >= 11 is 5.35. The number of hydrogen-bond acceptors (Lipinski definition) is 4. The minimum atomic E-state index is -0.569. The van der Waals surface area contributed by atoms with Crippen molar-refractivity contribution < 1.29 is 18.7 Å². The van der Waals surface area contributed by atoms with Gasteiger partial charge < -0.3 is 9.15 Å². The summed E-state index contributed by atoms with van der Waals surface area (Å²) in [7, 11) is 0. The number of fused-ring (bicyclic) bond motifs is 1. The second-order valence-electron chi connectivity index (χ2n) is 3.36. The molecule has 0 amide bonds. The second-order valence-corrected chi connectivity index (χ2v) is 3.70. The third-order valence-electron chi connectivity index (χ3n) is 2.22. The third kappa shape index (κ3) is 2.31. The molecule has 0 saturated heterocycles. The molecule has 0 aliphatic heterocycles. The van der Waals surface area contributed by atoms with E-state index in [-0.39, 0.29) is 12.4 Å². The maximum atomic E-state index is 11.4. The van der Waals surface area contributed by atoms with E-state index in [1.807, 2.05) is 0 Å². The third-order valence-corrected chi connectivity index (χ3v) is 2.44. The molecule has 0 bridgehead atoms. The highest BCUT2D eigenvalue weighted by Crippen LogP contribution is 2.22. The van der Waals surface area contributed by atoms with Crippen molar-refractivity contribution >= 4 is 33.8 Å². The highest BCUT2D eigenvalue weighted by molar-refractivity contribution is 6.67. The van der Waals surface area contributed by atoms with Crippen LogP contribution in [0.2, 0.25) is 0 Å². The van der Waals surface area contributed by atoms with Crippen LogP contribution in [-0.2, 0) is 4.74 Å². The lowest BCUT2D eigenvalue weighted by molar-refractivity contribution is 0.0492. The van der Waals surface area contributed by atoms with E-state index in [2.05, 4.69) is 0 Å². The number of carbonyl (C=O) groups excluding carboxylic acids is 2. The number of ether oxygens (including phenoxy) is 1. The first kappa shape index (κ1) is 11.7. The quantitative estimate of drug-likeness (QED) is 0.622. The fourth-order valence-electron chi connectivity index (χ4n) is 1.46. The number of rotatable bonds is 3. The largest absolute Gasteiger partial charge is 0.460 e. The topological polar surface area (TPSA) is 56.5 Å². The summed E-state index contributed by atoms with van der Waals surface area (Å²) in [5.74, 6) is -0.413. The summed E-state index contributed by atoms with van der Waals surface area (Å²) in [6.07, 6.45) is 0. The van der Waals surface area contributed by atoms with E-state index < -0.39 is 11.2 Å². The van der Waals surface area contributed by atoms with Gasteiger partial charge in [-0.2, -0.15) is 0 Å². The van der Waals surface area contributed by atoms with Gasteiger partial charge in [-0.25, -0.2) is 4.79 Å². The number of furan rings is 1. The van der Waals surface area contributed by atoms with Crippen molar-refractivity contribution in [3.63, 3.8) is 0 Å². The average molecular weight is 253 g/mol. The van der Waals surface area contributed by atoms with E-state index >= 15 is 0 Å². The molecule has 0 atom stereocenters. The number of esters is 1. The number of halogens is 1. The zero-order valence-corrected chi connectivity index (χ0v) is 9.78. The molecule has 0 spiro atoms. The molecule has 88 valence electrons. The van der Waals surface area contributed by atoms with E-state index in [0.717, 1.165) is 5.39 Å². The van der Waals surface area contributed by atoms with E-state index in [9.17, 15) is 9.59 Å². The normalized spacial score (nSPS) is 10.5. The SMILES string of the molecule is CCOC(=O)c1cc2ccc(C(=O)Cl)cc2o1. The lowest BCUT2D eigenvalue weighted by Gasteiger charge is -1.95. The molecular formula is C12H9ClO4. The molecule has 0 fully saturated rings. The van der Waals surface area contributed by atoms with E-state index in [1.165, 1.54) is 6.07 Å². The summed E-state index contributed by atoms with van der Waals surface area (Å²) in [5.41, 5.74) is 0.753. The minimum absolute atomic E-state index is 0.112. The van der Waals surface area contributed by atoms with Gasteiger partial charge in [0.1, 0.15) is 5.58 Å². The van der Waals surface area contributed by atoms with Gasteiger partial charge in [0.15, 0.2) is 0 Å². The fourth-order valence-corrected chi connectivity index (χ4v) is 1.57. The second kappa shape index (κ2) is 4.59. The zero-order chi connectivity index (χ0) is 12.4. The van der Waals surface area contributed by atoms with Crippen LogP contribution < -0.4 is 0 Å². The first-order valence-electron chi connectivity index (χ1n) is 5.02. The van der Waals surface area contributed by atoms with Gasteiger partial charge in [-0.05, 0) is 36.7 Å². The van der Waals surface area contributed by atoms with Crippen LogP contribution in [0.25, 0.3) is 11.0 Å². The molecule has 0 aliphatic rings. The van der Waals surface area contributed by atoms with E-state index in [0.29, 0.717) is 11.1 Å². The Hall–Kier alpha value is -1.81. The standard InChI is InChI=1S/C12H9ClO4/c1-2-16-12(15)10-5-7-3-4-8(11(13)14)6-9(7)17-10/h3-6H,2H2,1H3. The summed E-state index contributed by atoms with van der Waals surface area (Å²) in [6.45, 7) is 1.99. The molecule has 1 heterocycles. The van der Waals surface area contributed by atoms with Gasteiger partial charge in [0.25, 0.3) is 5.24 Å². The summed E-state index contributed by atoms with van der Waals surface area (Å²) in [6, 6.07) is 6.29. The van der Waals surface area contributed by atoms with E-state index in [4.69, 9.17) is 20.8 Å². The monoisotopic (exact) mass is 252 g/mol. The number of hydrogen-bond donors (Lipinski definition) is 0. The van der Waals surface area contributed by atoms with Gasteiger partial charge in [-0.15, -0.1) is 0 Å². The first-order valence-corrected chi connectivity index (χ1v) is 5.40. The van der Waals surface area contributed by atoms with Crippen molar-refractivity contribution in [3.05, 3.63) is 35.6 Å². The van der Waals surface area contributed by atoms with Gasteiger partial charge in [0.2, 0.25) is 5.76 Å². The van der Waals surface area contributed by atoms with Gasteiger partial charge >= 0.3 is 5.97 Å². The van der Waals surface area contributed by atoms with E-state index in [1.54, 1.807) is 25.1 Å². The molecule has 0 unspecified atom stereocenters. The Labute approximate surface area is 102 Å². The smallest absolute Gasteiger partial charge is 0.374 e. The molecular weight excluding hydrogens is 244 g/mol. The Bertz CT molecular complexity index is 585. The molecule has 1 aromatic carbocycles. The minimum Gasteiger partial charge on any atom is -0.460 e. The van der Waals surface area contributed by atoms with Gasteiger partial charge in [0.05, 0.1) is 6.61 Å². The van der Waals surface area contributed by atoms with Crippen LogP contribution in [0.5, 0.6) is 0 Å². The van der Waals surface area contributed by atoms with Gasteiger partial charge in [-0.3, -0.25) is 4.79 Å². The zero-order valence-electron chi connectivity index (χ0n) is 9.03. The predicted molar refractivity (Wildman–Crippen MR) is 62.4 cm³/mol. The van der Waals surface area contributed by atoms with Crippen LogP contribution in [0.1, 0.15) is 27.8 Å². The lowest BCUT2D eigenvalue weighted by Crippen LogP contribution is -2.02. The molecule has 4 nitrogen and oxygen atoms in total. The summed E-state index contributed by atoms with van der Waals surface area (Å²) in [4.78, 5) is 22.4. The maximum absolute atomic E-state index is 11.4. The molecule has 1 aromatic heterocycles. The Morgan fingerprint density at radius 1 is 1.35 bits per heavy atom. The van der Waals surface area contributed by atoms with Crippen molar-refractivity contribution in [2.45, 2.75) is 6.92 Å². The van der Waals surface area contributed by atoms with Gasteiger partial charge in [-0.1, -0.05) is 6.07 Å². The van der Waals surface area contributed by atoms with Crippen molar-refractivity contribution in [3.8, 4) is 0 Å². The van der Waals surface area contributed by atoms with Crippen LogP contribution in [0, 0.1) is 0 Å². The highest BCUT2D eigenvalue weighted by atomic mass is 35.5. The Morgan fingerprint density at radius 3 is 2.76 bits per heavy atom. The number of benzene rings is 1. The van der Waals surface area contributed by atoms with Crippen LogP contribution >= 0.6 is 11.6 Å². The Balaban J connectivity index is 2.43. The summed E-state index contributed by atoms with van der Waals surface area (Å²) < 4.78 is 10.1. The molecule has 0 radical (unpaired) electrons. The fraction of sp³-hybridized carbons (Fsp3) is 0.167. The van der Waals surface area contributed by atoms with Crippen molar-refractivity contribution in [2.24, 2.45) is 0 Å². The highest BCUT2D eigenvalue weighted by Gasteiger charge is 2.14. The number of carbonyl (C=O) groups is 2. The average Bonchev–Trinajstić information content (AvgIpc) is 2.71. The molecule has 2 aromatic rings. The van der Waals surface area contributed by atoms with Crippen LogP contribution in [0.4, 0.5) is 0 Å². The van der Waals surface area contributed by atoms with Crippen molar-refractivity contribution in [2.75, 3.05) is 6.61 Å².